The van der Waals surface area contributed by atoms with Crippen molar-refractivity contribution in [1.29, 1.82) is 0 Å². The summed E-state index contributed by atoms with van der Waals surface area (Å²) in [5, 5.41) is 20.9. The van der Waals surface area contributed by atoms with Gasteiger partial charge in [-0.3, -0.25) is 0 Å². The van der Waals surface area contributed by atoms with E-state index in [0.29, 0.717) is 5.56 Å². The van der Waals surface area contributed by atoms with Gasteiger partial charge in [0.1, 0.15) is 6.61 Å². The number of carboxylic acids is 1. The van der Waals surface area contributed by atoms with Crippen LogP contribution in [0.4, 0.5) is 4.79 Å². The van der Waals surface area contributed by atoms with Crippen LogP contribution < -0.4 is 5.32 Å². The molecule has 0 spiro atoms. The number of aliphatic hydroxyl groups excluding tert-OH is 1. The lowest BCUT2D eigenvalue weighted by molar-refractivity contribution is 0.0696. The molecule has 0 radical (unpaired) electrons. The van der Waals surface area contributed by atoms with Crippen molar-refractivity contribution in [2.45, 2.75) is 12.6 Å². The molecule has 0 aliphatic heterocycles. The monoisotopic (exact) mass is 315 g/mol. The second kappa shape index (κ2) is 7.95. The summed E-state index contributed by atoms with van der Waals surface area (Å²) in [4.78, 5) is 22.8. The average Bonchev–Trinajstić information content (AvgIpc) is 2.59. The Hall–Kier alpha value is -2.86. The second-order valence-corrected chi connectivity index (χ2v) is 4.87. The lowest BCUT2D eigenvalue weighted by Gasteiger charge is -2.17. The Labute approximate surface area is 133 Å². The molecule has 3 N–H and O–H groups in total. The predicted molar refractivity (Wildman–Crippen MR) is 83.0 cm³/mol. The van der Waals surface area contributed by atoms with Gasteiger partial charge in [-0.15, -0.1) is 0 Å². The quantitative estimate of drug-likeness (QED) is 0.760. The molecule has 0 fully saturated rings. The van der Waals surface area contributed by atoms with Crippen molar-refractivity contribution < 1.29 is 24.5 Å². The number of carbonyl (C=O) groups excluding carboxylic acids is 1. The molecule has 0 saturated heterocycles. The molecule has 0 aliphatic rings. The molecule has 0 saturated carbocycles. The fourth-order valence-corrected chi connectivity index (χ4v) is 2.03. The zero-order valence-electron chi connectivity index (χ0n) is 12.3. The van der Waals surface area contributed by atoms with E-state index in [1.54, 1.807) is 12.1 Å². The fourth-order valence-electron chi connectivity index (χ4n) is 2.03. The summed E-state index contributed by atoms with van der Waals surface area (Å²) in [6, 6.07) is 14.5. The number of aromatic carboxylic acids is 1. The molecule has 0 aliphatic carbocycles. The molecule has 6 nitrogen and oxygen atoms in total. The van der Waals surface area contributed by atoms with Gasteiger partial charge in [-0.25, -0.2) is 9.59 Å². The SMILES string of the molecule is O=C(NC(CO)c1cccc(C(=O)O)c1)OCc1ccccc1. The van der Waals surface area contributed by atoms with Gasteiger partial charge in [0.2, 0.25) is 0 Å². The maximum absolute atomic E-state index is 11.8. The molecule has 120 valence electrons. The van der Waals surface area contributed by atoms with Gasteiger partial charge >= 0.3 is 12.1 Å². The van der Waals surface area contributed by atoms with E-state index in [9.17, 15) is 14.7 Å². The summed E-state index contributed by atoms with van der Waals surface area (Å²) in [5.41, 5.74) is 1.42. The van der Waals surface area contributed by atoms with Crippen LogP contribution in [-0.2, 0) is 11.3 Å². The second-order valence-electron chi connectivity index (χ2n) is 4.87. The van der Waals surface area contributed by atoms with Gasteiger partial charge in [-0.05, 0) is 23.3 Å². The normalized spacial score (nSPS) is 11.5. The largest absolute Gasteiger partial charge is 0.478 e. The molecular formula is C17H17NO5. The first-order chi connectivity index (χ1) is 11.1. The number of hydrogen-bond acceptors (Lipinski definition) is 4. The van der Waals surface area contributed by atoms with Gasteiger partial charge in [0.15, 0.2) is 0 Å². The van der Waals surface area contributed by atoms with Crippen LogP contribution in [0.1, 0.15) is 27.5 Å². The topological polar surface area (TPSA) is 95.9 Å². The summed E-state index contributed by atoms with van der Waals surface area (Å²) < 4.78 is 5.08. The third kappa shape index (κ3) is 4.82. The number of carbonyl (C=O) groups is 2. The number of ether oxygens (including phenoxy) is 1. The van der Waals surface area contributed by atoms with Crippen molar-refractivity contribution in [3.05, 3.63) is 71.3 Å². The third-order valence-corrected chi connectivity index (χ3v) is 3.22. The van der Waals surface area contributed by atoms with Crippen LogP contribution in [-0.4, -0.2) is 28.9 Å². The standard InChI is InChI=1S/C17H17NO5/c19-10-15(13-7-4-8-14(9-13)16(20)21)18-17(22)23-11-12-5-2-1-3-6-12/h1-9,15,19H,10-11H2,(H,18,22)(H,20,21). The number of carboxylic acid groups (broad SMARTS) is 1. The minimum absolute atomic E-state index is 0.0837. The first kappa shape index (κ1) is 16.5. The molecule has 0 aromatic heterocycles. The Kier molecular flexibility index (Phi) is 5.71. The average molecular weight is 315 g/mol. The predicted octanol–water partition coefficient (Wildman–Crippen LogP) is 2.34. The van der Waals surface area contributed by atoms with Crippen molar-refractivity contribution >= 4 is 12.1 Å². The molecule has 1 amide bonds. The molecule has 23 heavy (non-hydrogen) atoms. The highest BCUT2D eigenvalue weighted by Gasteiger charge is 2.16. The summed E-state index contributed by atoms with van der Waals surface area (Å²) in [6.45, 7) is -0.260. The summed E-state index contributed by atoms with van der Waals surface area (Å²) in [6.07, 6.45) is -0.686. The Morgan fingerprint density at radius 3 is 2.48 bits per heavy atom. The van der Waals surface area contributed by atoms with E-state index >= 15 is 0 Å². The van der Waals surface area contributed by atoms with Gasteiger partial charge < -0.3 is 20.3 Å². The maximum Gasteiger partial charge on any atom is 0.408 e. The highest BCUT2D eigenvalue weighted by atomic mass is 16.5. The molecule has 6 heteroatoms. The number of alkyl carbamates (subject to hydrolysis) is 1. The Morgan fingerprint density at radius 2 is 1.83 bits per heavy atom. The molecule has 1 atom stereocenters. The number of nitrogens with one attached hydrogen (secondary N) is 1. The number of hydrogen-bond donors (Lipinski definition) is 3. The molecule has 1 unspecified atom stereocenters. The van der Waals surface area contributed by atoms with Crippen LogP contribution in [0.15, 0.2) is 54.6 Å². The lowest BCUT2D eigenvalue weighted by atomic mass is 10.0. The third-order valence-electron chi connectivity index (χ3n) is 3.22. The minimum atomic E-state index is -1.07. The Morgan fingerprint density at radius 1 is 1.09 bits per heavy atom. The summed E-state index contributed by atoms with van der Waals surface area (Å²) >= 11 is 0. The Balaban J connectivity index is 1.97. The van der Waals surface area contributed by atoms with E-state index in [1.807, 2.05) is 30.3 Å². The first-order valence-corrected chi connectivity index (χ1v) is 7.01. The summed E-state index contributed by atoms with van der Waals surface area (Å²) in [5.74, 6) is -1.07. The van der Waals surface area contributed by atoms with Crippen LogP contribution >= 0.6 is 0 Å². The van der Waals surface area contributed by atoms with E-state index in [4.69, 9.17) is 9.84 Å². The van der Waals surface area contributed by atoms with E-state index in [-0.39, 0.29) is 18.8 Å². The van der Waals surface area contributed by atoms with Crippen LogP contribution in [0.2, 0.25) is 0 Å². The van der Waals surface area contributed by atoms with Gasteiger partial charge in [0.05, 0.1) is 18.2 Å². The van der Waals surface area contributed by atoms with Crippen molar-refractivity contribution in [2.75, 3.05) is 6.61 Å². The van der Waals surface area contributed by atoms with E-state index in [0.717, 1.165) is 5.56 Å². The smallest absolute Gasteiger partial charge is 0.408 e. The highest BCUT2D eigenvalue weighted by Crippen LogP contribution is 2.15. The van der Waals surface area contributed by atoms with Gasteiger partial charge in [-0.1, -0.05) is 42.5 Å². The molecule has 2 aromatic rings. The molecule has 2 rings (SSSR count). The molecular weight excluding hydrogens is 298 g/mol. The molecule has 2 aromatic carbocycles. The van der Waals surface area contributed by atoms with E-state index in [1.165, 1.54) is 12.1 Å². The lowest BCUT2D eigenvalue weighted by Crippen LogP contribution is -2.31. The van der Waals surface area contributed by atoms with Gasteiger partial charge in [-0.2, -0.15) is 0 Å². The molecule has 0 heterocycles. The van der Waals surface area contributed by atoms with Crippen LogP contribution in [0.3, 0.4) is 0 Å². The first-order valence-electron chi connectivity index (χ1n) is 7.01. The van der Waals surface area contributed by atoms with E-state index < -0.39 is 18.1 Å². The zero-order chi connectivity index (χ0) is 16.7. The van der Waals surface area contributed by atoms with Crippen molar-refractivity contribution in [3.8, 4) is 0 Å². The van der Waals surface area contributed by atoms with Crippen LogP contribution in [0.25, 0.3) is 0 Å². The number of amides is 1. The van der Waals surface area contributed by atoms with Crippen molar-refractivity contribution in [3.63, 3.8) is 0 Å². The fraction of sp³-hybridized carbons (Fsp3) is 0.176. The van der Waals surface area contributed by atoms with Gasteiger partial charge in [0.25, 0.3) is 0 Å². The molecule has 0 bridgehead atoms. The number of rotatable bonds is 6. The van der Waals surface area contributed by atoms with Crippen LogP contribution in [0, 0.1) is 0 Å². The highest BCUT2D eigenvalue weighted by molar-refractivity contribution is 5.87. The number of aliphatic hydroxyl groups is 1. The zero-order valence-corrected chi connectivity index (χ0v) is 12.3. The van der Waals surface area contributed by atoms with E-state index in [2.05, 4.69) is 5.32 Å². The maximum atomic E-state index is 11.8. The van der Waals surface area contributed by atoms with Crippen molar-refractivity contribution in [1.82, 2.24) is 5.32 Å². The number of benzene rings is 2. The summed E-state index contributed by atoms with van der Waals surface area (Å²) in [7, 11) is 0. The minimum Gasteiger partial charge on any atom is -0.478 e. The van der Waals surface area contributed by atoms with Gasteiger partial charge in [0, 0.05) is 0 Å². The Bertz CT molecular complexity index is 672. The van der Waals surface area contributed by atoms with Crippen LogP contribution in [0.5, 0.6) is 0 Å². The van der Waals surface area contributed by atoms with Crippen molar-refractivity contribution in [2.24, 2.45) is 0 Å².